The number of hydrogen-bond donors (Lipinski definition) is 2. The SMILES string of the molecule is COc1ccccc1NC(=O)c1cc(CO)cc(S(=O)(=O)N2CCCCC2)c1. The molecule has 1 amide bonds. The van der Waals surface area contributed by atoms with Gasteiger partial charge in [0, 0.05) is 18.7 Å². The van der Waals surface area contributed by atoms with Crippen molar-refractivity contribution in [3.05, 3.63) is 53.6 Å². The van der Waals surface area contributed by atoms with E-state index in [1.165, 1.54) is 29.6 Å². The summed E-state index contributed by atoms with van der Waals surface area (Å²) in [6.07, 6.45) is 2.65. The molecular weight excluding hydrogens is 380 g/mol. The molecule has 2 aromatic rings. The zero-order valence-corrected chi connectivity index (χ0v) is 16.5. The molecule has 0 spiro atoms. The van der Waals surface area contributed by atoms with Gasteiger partial charge in [0.25, 0.3) is 5.91 Å². The Kier molecular flexibility index (Phi) is 6.33. The predicted molar refractivity (Wildman–Crippen MR) is 106 cm³/mol. The molecule has 1 saturated heterocycles. The van der Waals surface area contributed by atoms with E-state index in [-0.39, 0.29) is 17.1 Å². The van der Waals surface area contributed by atoms with Crippen molar-refractivity contribution in [3.63, 3.8) is 0 Å². The van der Waals surface area contributed by atoms with Gasteiger partial charge in [-0.25, -0.2) is 8.42 Å². The van der Waals surface area contributed by atoms with Gasteiger partial charge >= 0.3 is 0 Å². The number of aliphatic hydroxyl groups excluding tert-OH is 1. The van der Waals surface area contributed by atoms with Gasteiger partial charge in [0.15, 0.2) is 0 Å². The fraction of sp³-hybridized carbons (Fsp3) is 0.350. The average molecular weight is 404 g/mol. The van der Waals surface area contributed by atoms with Gasteiger partial charge in [0.05, 0.1) is 24.3 Å². The number of carbonyl (C=O) groups excluding carboxylic acids is 1. The molecule has 1 aliphatic heterocycles. The van der Waals surface area contributed by atoms with Crippen LogP contribution in [0, 0.1) is 0 Å². The molecule has 1 aliphatic rings. The molecule has 3 rings (SSSR count). The van der Waals surface area contributed by atoms with Crippen LogP contribution in [0.2, 0.25) is 0 Å². The first-order valence-corrected chi connectivity index (χ1v) is 10.6. The fourth-order valence-corrected chi connectivity index (χ4v) is 4.84. The Morgan fingerprint density at radius 3 is 2.54 bits per heavy atom. The van der Waals surface area contributed by atoms with Gasteiger partial charge < -0.3 is 15.2 Å². The zero-order chi connectivity index (χ0) is 20.1. The van der Waals surface area contributed by atoms with Crippen LogP contribution in [0.25, 0.3) is 0 Å². The van der Waals surface area contributed by atoms with Crippen molar-refractivity contribution in [2.45, 2.75) is 30.8 Å². The molecule has 0 aromatic heterocycles. The van der Waals surface area contributed by atoms with Gasteiger partial charge in [-0.15, -0.1) is 0 Å². The third kappa shape index (κ3) is 4.35. The number of methoxy groups -OCH3 is 1. The number of para-hydroxylation sites is 2. The summed E-state index contributed by atoms with van der Waals surface area (Å²) in [6.45, 7) is 0.571. The molecule has 0 unspecified atom stereocenters. The summed E-state index contributed by atoms with van der Waals surface area (Å²) >= 11 is 0. The lowest BCUT2D eigenvalue weighted by Gasteiger charge is -2.26. The molecule has 8 heteroatoms. The van der Waals surface area contributed by atoms with E-state index in [0.717, 1.165) is 19.3 Å². The van der Waals surface area contributed by atoms with Crippen LogP contribution in [-0.2, 0) is 16.6 Å². The Balaban J connectivity index is 1.93. The molecular formula is C20H24N2O5S. The first-order valence-electron chi connectivity index (χ1n) is 9.15. The number of piperidine rings is 1. The van der Waals surface area contributed by atoms with Crippen LogP contribution in [-0.4, -0.2) is 43.9 Å². The molecule has 1 heterocycles. The number of carbonyl (C=O) groups is 1. The van der Waals surface area contributed by atoms with Crippen LogP contribution in [0.15, 0.2) is 47.4 Å². The van der Waals surface area contributed by atoms with Gasteiger partial charge in [-0.05, 0) is 48.7 Å². The topological polar surface area (TPSA) is 95.9 Å². The van der Waals surface area contributed by atoms with Crippen molar-refractivity contribution < 1.29 is 23.1 Å². The quantitative estimate of drug-likeness (QED) is 0.772. The summed E-state index contributed by atoms with van der Waals surface area (Å²) in [4.78, 5) is 12.8. The molecule has 0 saturated carbocycles. The van der Waals surface area contributed by atoms with Crippen LogP contribution < -0.4 is 10.1 Å². The Bertz CT molecular complexity index is 953. The van der Waals surface area contributed by atoms with Crippen LogP contribution >= 0.6 is 0 Å². The highest BCUT2D eigenvalue weighted by Gasteiger charge is 2.27. The number of nitrogens with zero attached hydrogens (tertiary/aromatic N) is 1. The maximum Gasteiger partial charge on any atom is 0.255 e. The van der Waals surface area contributed by atoms with E-state index in [2.05, 4.69) is 5.32 Å². The zero-order valence-electron chi connectivity index (χ0n) is 15.7. The summed E-state index contributed by atoms with van der Waals surface area (Å²) < 4.78 is 32.6. The monoisotopic (exact) mass is 404 g/mol. The summed E-state index contributed by atoms with van der Waals surface area (Å²) in [5.41, 5.74) is 1.00. The van der Waals surface area contributed by atoms with Gasteiger partial charge in [-0.3, -0.25) is 4.79 Å². The molecule has 28 heavy (non-hydrogen) atoms. The highest BCUT2D eigenvalue weighted by atomic mass is 32.2. The third-order valence-corrected chi connectivity index (χ3v) is 6.60. The summed E-state index contributed by atoms with van der Waals surface area (Å²) in [6, 6.07) is 11.2. The van der Waals surface area contributed by atoms with E-state index in [9.17, 15) is 18.3 Å². The maximum atomic E-state index is 13.0. The minimum absolute atomic E-state index is 0.0196. The van der Waals surface area contributed by atoms with Crippen LogP contribution in [0.5, 0.6) is 5.75 Å². The molecule has 0 radical (unpaired) electrons. The minimum Gasteiger partial charge on any atom is -0.495 e. The molecule has 150 valence electrons. The molecule has 2 N–H and O–H groups in total. The second-order valence-electron chi connectivity index (χ2n) is 6.64. The van der Waals surface area contributed by atoms with E-state index in [0.29, 0.717) is 30.1 Å². The van der Waals surface area contributed by atoms with Crippen molar-refractivity contribution in [2.24, 2.45) is 0 Å². The lowest BCUT2D eigenvalue weighted by molar-refractivity contribution is 0.102. The fourth-order valence-electron chi connectivity index (χ4n) is 3.23. The smallest absolute Gasteiger partial charge is 0.255 e. The number of ether oxygens (including phenoxy) is 1. The van der Waals surface area contributed by atoms with Crippen molar-refractivity contribution in [1.29, 1.82) is 0 Å². The number of hydrogen-bond acceptors (Lipinski definition) is 5. The van der Waals surface area contributed by atoms with E-state index < -0.39 is 15.9 Å². The van der Waals surface area contributed by atoms with E-state index in [4.69, 9.17) is 4.74 Å². The number of amides is 1. The molecule has 0 bridgehead atoms. The minimum atomic E-state index is -3.72. The Hall–Kier alpha value is -2.42. The Morgan fingerprint density at radius 2 is 1.86 bits per heavy atom. The lowest BCUT2D eigenvalue weighted by atomic mass is 10.1. The lowest BCUT2D eigenvalue weighted by Crippen LogP contribution is -2.35. The third-order valence-electron chi connectivity index (χ3n) is 4.72. The molecule has 0 atom stereocenters. The summed E-state index contributed by atoms with van der Waals surface area (Å²) in [7, 11) is -2.22. The number of aliphatic hydroxyl groups is 1. The highest BCUT2D eigenvalue weighted by molar-refractivity contribution is 7.89. The predicted octanol–water partition coefficient (Wildman–Crippen LogP) is 2.61. The van der Waals surface area contributed by atoms with Crippen molar-refractivity contribution in [2.75, 3.05) is 25.5 Å². The van der Waals surface area contributed by atoms with E-state index >= 15 is 0 Å². The van der Waals surface area contributed by atoms with Crippen molar-refractivity contribution >= 4 is 21.6 Å². The summed E-state index contributed by atoms with van der Waals surface area (Å²) in [5, 5.41) is 12.3. The normalized spacial score (nSPS) is 15.2. The molecule has 1 fully saturated rings. The number of benzene rings is 2. The van der Waals surface area contributed by atoms with Gasteiger partial charge in [0.1, 0.15) is 5.75 Å². The second kappa shape index (κ2) is 8.72. The van der Waals surface area contributed by atoms with Crippen LogP contribution in [0.3, 0.4) is 0 Å². The molecule has 7 nitrogen and oxygen atoms in total. The van der Waals surface area contributed by atoms with E-state index in [1.54, 1.807) is 24.3 Å². The molecule has 0 aliphatic carbocycles. The largest absolute Gasteiger partial charge is 0.495 e. The number of nitrogens with one attached hydrogen (secondary N) is 1. The average Bonchev–Trinajstić information content (AvgIpc) is 2.74. The van der Waals surface area contributed by atoms with Gasteiger partial charge in [-0.1, -0.05) is 18.6 Å². The van der Waals surface area contributed by atoms with Gasteiger partial charge in [-0.2, -0.15) is 4.31 Å². The van der Waals surface area contributed by atoms with Crippen LogP contribution in [0.4, 0.5) is 5.69 Å². The Labute approximate surface area is 165 Å². The van der Waals surface area contributed by atoms with Gasteiger partial charge in [0.2, 0.25) is 10.0 Å². The van der Waals surface area contributed by atoms with Crippen molar-refractivity contribution in [1.82, 2.24) is 4.31 Å². The molecule has 2 aromatic carbocycles. The first kappa shape index (κ1) is 20.3. The standard InChI is InChI=1S/C20H24N2O5S/c1-27-19-8-4-3-7-18(19)21-20(24)16-11-15(14-23)12-17(13-16)28(25,26)22-9-5-2-6-10-22/h3-4,7-8,11-13,23H,2,5-6,9-10,14H2,1H3,(H,21,24). The number of sulfonamides is 1. The van der Waals surface area contributed by atoms with Crippen molar-refractivity contribution in [3.8, 4) is 5.75 Å². The Morgan fingerprint density at radius 1 is 1.14 bits per heavy atom. The second-order valence-corrected chi connectivity index (χ2v) is 8.58. The maximum absolute atomic E-state index is 13.0. The number of rotatable bonds is 6. The van der Waals surface area contributed by atoms with E-state index in [1.807, 2.05) is 0 Å². The first-order chi connectivity index (χ1) is 13.5. The van der Waals surface area contributed by atoms with Crippen LogP contribution in [0.1, 0.15) is 35.2 Å². The number of anilines is 1. The summed E-state index contributed by atoms with van der Waals surface area (Å²) in [5.74, 6) is 0.0187. The highest BCUT2D eigenvalue weighted by Crippen LogP contribution is 2.26.